The Hall–Kier alpha value is -2.35. The van der Waals surface area contributed by atoms with E-state index in [9.17, 15) is 9.59 Å². The average Bonchev–Trinajstić information content (AvgIpc) is 2.35. The molecule has 0 aromatic heterocycles. The van der Waals surface area contributed by atoms with Crippen LogP contribution in [0.25, 0.3) is 0 Å². The zero-order valence-electron chi connectivity index (χ0n) is 10.1. The summed E-state index contributed by atoms with van der Waals surface area (Å²) in [7, 11) is 0. The minimum Gasteiger partial charge on any atom is -0.484 e. The summed E-state index contributed by atoms with van der Waals surface area (Å²) in [6.07, 6.45) is 0.392. The van der Waals surface area contributed by atoms with Gasteiger partial charge in [-0.05, 0) is 24.6 Å². The quantitative estimate of drug-likeness (QED) is 0.754. The molecule has 0 aliphatic heterocycles. The van der Waals surface area contributed by atoms with Crippen LogP contribution in [-0.2, 0) is 16.0 Å². The van der Waals surface area contributed by atoms with E-state index in [0.717, 1.165) is 5.56 Å². The molecule has 0 bridgehead atoms. The standard InChI is InChI=1S/C13H14N2O3/c1-10(16)8-11-2-4-12(5-3-11)18-9-13(17)15-7-6-14/h2-5H,7-9H2,1H3,(H,15,17). The molecule has 0 radical (unpaired) electrons. The van der Waals surface area contributed by atoms with Gasteiger partial charge in [-0.1, -0.05) is 12.1 Å². The number of ketones is 1. The molecule has 0 saturated carbocycles. The summed E-state index contributed by atoms with van der Waals surface area (Å²) in [6.45, 7) is 1.37. The Morgan fingerprint density at radius 2 is 2.00 bits per heavy atom. The molecule has 0 fully saturated rings. The molecule has 1 N–H and O–H groups in total. The molecule has 0 saturated heterocycles. The second kappa shape index (κ2) is 7.07. The third kappa shape index (κ3) is 5.12. The van der Waals surface area contributed by atoms with Gasteiger partial charge in [-0.25, -0.2) is 0 Å². The molecule has 0 aliphatic carbocycles. The molecule has 1 amide bonds. The van der Waals surface area contributed by atoms with E-state index in [4.69, 9.17) is 10.00 Å². The Morgan fingerprint density at radius 1 is 1.33 bits per heavy atom. The monoisotopic (exact) mass is 246 g/mol. The van der Waals surface area contributed by atoms with Crippen molar-refractivity contribution in [1.29, 1.82) is 5.26 Å². The van der Waals surface area contributed by atoms with Crippen molar-refractivity contribution >= 4 is 11.7 Å². The first-order chi connectivity index (χ1) is 8.61. The third-order valence-electron chi connectivity index (χ3n) is 2.11. The fourth-order valence-electron chi connectivity index (χ4n) is 1.33. The van der Waals surface area contributed by atoms with Gasteiger partial charge in [0.1, 0.15) is 18.1 Å². The number of nitriles is 1. The van der Waals surface area contributed by atoms with Crippen LogP contribution in [0.15, 0.2) is 24.3 Å². The molecule has 1 rings (SSSR count). The Balaban J connectivity index is 2.42. The Morgan fingerprint density at radius 3 is 2.56 bits per heavy atom. The molecule has 0 atom stereocenters. The van der Waals surface area contributed by atoms with Crippen LogP contribution < -0.4 is 10.1 Å². The molecule has 0 heterocycles. The molecule has 18 heavy (non-hydrogen) atoms. The van der Waals surface area contributed by atoms with Crippen LogP contribution in [0.2, 0.25) is 0 Å². The number of ether oxygens (including phenoxy) is 1. The van der Waals surface area contributed by atoms with E-state index in [1.165, 1.54) is 6.92 Å². The normalized spacial score (nSPS) is 9.33. The minimum atomic E-state index is -0.343. The second-order valence-electron chi connectivity index (χ2n) is 3.75. The minimum absolute atomic E-state index is 0.0280. The highest BCUT2D eigenvalue weighted by Crippen LogP contribution is 2.12. The number of carbonyl (C=O) groups is 2. The predicted molar refractivity (Wildman–Crippen MR) is 64.9 cm³/mol. The Bertz CT molecular complexity index is 460. The molecular weight excluding hydrogens is 232 g/mol. The highest BCUT2D eigenvalue weighted by Gasteiger charge is 2.02. The van der Waals surface area contributed by atoms with E-state index in [1.807, 2.05) is 0 Å². The lowest BCUT2D eigenvalue weighted by Crippen LogP contribution is -2.28. The summed E-state index contributed by atoms with van der Waals surface area (Å²) in [5.74, 6) is 0.304. The summed E-state index contributed by atoms with van der Waals surface area (Å²) >= 11 is 0. The number of nitrogens with one attached hydrogen (secondary N) is 1. The lowest BCUT2D eigenvalue weighted by Gasteiger charge is -2.06. The Kier molecular flexibility index (Phi) is 5.39. The van der Waals surface area contributed by atoms with Crippen LogP contribution in [0.1, 0.15) is 12.5 Å². The largest absolute Gasteiger partial charge is 0.484 e. The number of amides is 1. The van der Waals surface area contributed by atoms with Crippen LogP contribution in [0.5, 0.6) is 5.75 Å². The zero-order chi connectivity index (χ0) is 13.4. The highest BCUT2D eigenvalue weighted by molar-refractivity contribution is 5.78. The van der Waals surface area contributed by atoms with Gasteiger partial charge in [0.2, 0.25) is 0 Å². The first-order valence-corrected chi connectivity index (χ1v) is 5.46. The second-order valence-corrected chi connectivity index (χ2v) is 3.75. The van der Waals surface area contributed by atoms with Crippen molar-refractivity contribution in [2.75, 3.05) is 13.2 Å². The number of Topliss-reactive ketones (excluding diaryl/α,β-unsaturated/α-hetero) is 1. The molecular formula is C13H14N2O3. The van der Waals surface area contributed by atoms with Crippen molar-refractivity contribution in [2.24, 2.45) is 0 Å². The summed E-state index contributed by atoms with van der Waals surface area (Å²) in [6, 6.07) is 8.77. The lowest BCUT2D eigenvalue weighted by molar-refractivity contribution is -0.122. The summed E-state index contributed by atoms with van der Waals surface area (Å²) in [5, 5.41) is 10.6. The maximum atomic E-state index is 11.2. The molecule has 94 valence electrons. The van der Waals surface area contributed by atoms with Crippen LogP contribution >= 0.6 is 0 Å². The number of rotatable bonds is 6. The van der Waals surface area contributed by atoms with Crippen LogP contribution in [-0.4, -0.2) is 24.8 Å². The topological polar surface area (TPSA) is 79.2 Å². The van der Waals surface area contributed by atoms with Gasteiger partial charge in [0, 0.05) is 6.42 Å². The van der Waals surface area contributed by atoms with Crippen molar-refractivity contribution in [3.05, 3.63) is 29.8 Å². The van der Waals surface area contributed by atoms with Gasteiger partial charge in [-0.2, -0.15) is 5.26 Å². The number of nitrogens with zero attached hydrogens (tertiary/aromatic N) is 1. The third-order valence-corrected chi connectivity index (χ3v) is 2.11. The predicted octanol–water partition coefficient (Wildman–Crippen LogP) is 0.837. The number of carbonyl (C=O) groups excluding carboxylic acids is 2. The lowest BCUT2D eigenvalue weighted by atomic mass is 10.1. The van der Waals surface area contributed by atoms with Crippen molar-refractivity contribution in [1.82, 2.24) is 5.32 Å². The van der Waals surface area contributed by atoms with Gasteiger partial charge >= 0.3 is 0 Å². The van der Waals surface area contributed by atoms with E-state index in [-0.39, 0.29) is 24.8 Å². The van der Waals surface area contributed by atoms with Crippen LogP contribution in [0.4, 0.5) is 0 Å². The van der Waals surface area contributed by atoms with Crippen molar-refractivity contribution < 1.29 is 14.3 Å². The molecule has 1 aromatic carbocycles. The van der Waals surface area contributed by atoms with E-state index in [2.05, 4.69) is 5.32 Å². The number of benzene rings is 1. The van der Waals surface area contributed by atoms with E-state index in [0.29, 0.717) is 12.2 Å². The molecule has 0 spiro atoms. The van der Waals surface area contributed by atoms with Gasteiger partial charge < -0.3 is 10.1 Å². The van der Waals surface area contributed by atoms with Crippen molar-refractivity contribution in [3.63, 3.8) is 0 Å². The van der Waals surface area contributed by atoms with Gasteiger partial charge in [0.15, 0.2) is 6.61 Å². The average molecular weight is 246 g/mol. The van der Waals surface area contributed by atoms with E-state index >= 15 is 0 Å². The number of hydrogen-bond acceptors (Lipinski definition) is 4. The molecule has 0 unspecified atom stereocenters. The van der Waals surface area contributed by atoms with E-state index < -0.39 is 0 Å². The highest BCUT2D eigenvalue weighted by atomic mass is 16.5. The Labute approximate surface area is 105 Å². The van der Waals surface area contributed by atoms with E-state index in [1.54, 1.807) is 30.3 Å². The van der Waals surface area contributed by atoms with Crippen LogP contribution in [0, 0.1) is 11.3 Å². The molecule has 0 aliphatic rings. The smallest absolute Gasteiger partial charge is 0.258 e. The first-order valence-electron chi connectivity index (χ1n) is 5.46. The molecule has 5 nitrogen and oxygen atoms in total. The van der Waals surface area contributed by atoms with Gasteiger partial charge in [-0.15, -0.1) is 0 Å². The van der Waals surface area contributed by atoms with Gasteiger partial charge in [-0.3, -0.25) is 9.59 Å². The molecule has 1 aromatic rings. The summed E-state index contributed by atoms with van der Waals surface area (Å²) < 4.78 is 5.22. The fraction of sp³-hybridized carbons (Fsp3) is 0.308. The number of hydrogen-bond donors (Lipinski definition) is 1. The maximum absolute atomic E-state index is 11.2. The molecule has 5 heteroatoms. The SMILES string of the molecule is CC(=O)Cc1ccc(OCC(=O)NCC#N)cc1. The van der Waals surface area contributed by atoms with Crippen molar-refractivity contribution in [2.45, 2.75) is 13.3 Å². The fourth-order valence-corrected chi connectivity index (χ4v) is 1.33. The van der Waals surface area contributed by atoms with Gasteiger partial charge in [0.05, 0.1) is 6.07 Å². The van der Waals surface area contributed by atoms with Crippen molar-refractivity contribution in [3.8, 4) is 11.8 Å². The zero-order valence-corrected chi connectivity index (χ0v) is 10.1. The summed E-state index contributed by atoms with van der Waals surface area (Å²) in [4.78, 5) is 22.1. The first kappa shape index (κ1) is 13.7. The van der Waals surface area contributed by atoms with Gasteiger partial charge in [0.25, 0.3) is 5.91 Å². The maximum Gasteiger partial charge on any atom is 0.258 e. The van der Waals surface area contributed by atoms with Crippen LogP contribution in [0.3, 0.4) is 0 Å². The summed E-state index contributed by atoms with van der Waals surface area (Å²) in [5.41, 5.74) is 0.906.